The first-order valence-corrected chi connectivity index (χ1v) is 13.7. The summed E-state index contributed by atoms with van der Waals surface area (Å²) in [6.07, 6.45) is 3.90. The molecule has 3 aliphatic rings. The molecule has 0 aliphatic carbocycles. The number of nitrogens with zero attached hydrogens (tertiary/aromatic N) is 1. The van der Waals surface area contributed by atoms with Crippen molar-refractivity contribution in [3.05, 3.63) is 99.0 Å². The van der Waals surface area contributed by atoms with Gasteiger partial charge in [0, 0.05) is 31.8 Å². The van der Waals surface area contributed by atoms with Gasteiger partial charge in [0.1, 0.15) is 11.5 Å². The van der Waals surface area contributed by atoms with Crippen molar-refractivity contribution in [2.24, 2.45) is 11.3 Å². The quantitative estimate of drug-likeness (QED) is 0.346. The average Bonchev–Trinajstić information content (AvgIpc) is 3.35. The van der Waals surface area contributed by atoms with Gasteiger partial charge in [0.25, 0.3) is 0 Å². The smallest absolute Gasteiger partial charge is 0.238 e. The van der Waals surface area contributed by atoms with Crippen molar-refractivity contribution in [1.82, 2.24) is 0 Å². The van der Waals surface area contributed by atoms with Crippen molar-refractivity contribution in [3.63, 3.8) is 0 Å². The Morgan fingerprint density at radius 1 is 1.03 bits per heavy atom. The van der Waals surface area contributed by atoms with Crippen LogP contribution in [0.5, 0.6) is 0 Å². The van der Waals surface area contributed by atoms with E-state index in [4.69, 9.17) is 11.6 Å². The monoisotopic (exact) mass is 588 g/mol. The predicted octanol–water partition coefficient (Wildman–Crippen LogP) is 6.69. The van der Waals surface area contributed by atoms with Gasteiger partial charge < -0.3 is 10.2 Å². The van der Waals surface area contributed by atoms with Gasteiger partial charge in [-0.2, -0.15) is 0 Å². The van der Waals surface area contributed by atoms with Crippen molar-refractivity contribution < 1.29 is 14.4 Å². The molecular weight excluding hydrogens is 564 g/mol. The molecule has 7 heteroatoms. The summed E-state index contributed by atoms with van der Waals surface area (Å²) in [5.41, 5.74) is 1.43. The van der Waals surface area contributed by atoms with Crippen LogP contribution in [0.2, 0.25) is 5.02 Å². The Balaban J connectivity index is 1.68. The lowest BCUT2D eigenvalue weighted by Gasteiger charge is -2.38. The molecule has 4 atom stereocenters. The largest absolute Gasteiger partial charge is 0.352 e. The molecule has 38 heavy (non-hydrogen) atoms. The maximum absolute atomic E-state index is 14.6. The lowest BCUT2D eigenvalue weighted by Crippen LogP contribution is -2.51. The Kier molecular flexibility index (Phi) is 5.71. The van der Waals surface area contributed by atoms with Crippen LogP contribution in [-0.2, 0) is 15.0 Å². The Morgan fingerprint density at radius 3 is 2.45 bits per heavy atom. The molecule has 3 aromatic rings. The van der Waals surface area contributed by atoms with Crippen LogP contribution < -0.4 is 10.2 Å². The first kappa shape index (κ1) is 25.1. The summed E-state index contributed by atoms with van der Waals surface area (Å²) in [7, 11) is 0. The molecular formula is C31H26BrClN2O3. The van der Waals surface area contributed by atoms with Gasteiger partial charge in [-0.15, -0.1) is 0 Å². The van der Waals surface area contributed by atoms with E-state index in [0.717, 1.165) is 21.3 Å². The Labute approximate surface area is 235 Å². The fourth-order valence-electron chi connectivity index (χ4n) is 6.39. The minimum Gasteiger partial charge on any atom is -0.352 e. The third kappa shape index (κ3) is 3.46. The molecule has 1 spiro atoms. The number of amides is 1. The fraction of sp³-hybridized carbons (Fsp3) is 0.258. The normalized spacial score (nSPS) is 25.1. The molecule has 1 fully saturated rings. The molecule has 0 aromatic heterocycles. The number of Topliss-reactive ketones (excluding diaryl/α,β-unsaturated/α-hetero) is 2. The van der Waals surface area contributed by atoms with E-state index < -0.39 is 28.8 Å². The second-order valence-corrected chi connectivity index (χ2v) is 12.5. The third-order valence-corrected chi connectivity index (χ3v) is 8.78. The van der Waals surface area contributed by atoms with Crippen molar-refractivity contribution in [2.75, 3.05) is 10.2 Å². The number of hydrogen-bond acceptors (Lipinski definition) is 4. The van der Waals surface area contributed by atoms with Crippen molar-refractivity contribution in [3.8, 4) is 0 Å². The molecule has 0 unspecified atom stereocenters. The highest BCUT2D eigenvalue weighted by molar-refractivity contribution is 9.10. The zero-order valence-electron chi connectivity index (χ0n) is 21.2. The van der Waals surface area contributed by atoms with Crippen LogP contribution in [0.15, 0.2) is 77.3 Å². The zero-order chi connectivity index (χ0) is 27.0. The van der Waals surface area contributed by atoms with Gasteiger partial charge in [-0.3, -0.25) is 14.4 Å². The highest BCUT2D eigenvalue weighted by atomic mass is 79.9. The molecule has 1 saturated heterocycles. The van der Waals surface area contributed by atoms with Crippen molar-refractivity contribution in [2.45, 2.75) is 38.3 Å². The van der Waals surface area contributed by atoms with Gasteiger partial charge in [-0.25, -0.2) is 0 Å². The Morgan fingerprint density at radius 2 is 1.74 bits per heavy atom. The standard InChI is InChI=1S/C31H26BrClN2O3/c1-30(2,3)28(37)26-25(27(36)17-8-11-19(32)12-9-17)31(21-6-4-5-7-22(21)34-29(31)38)24-15-10-18-16-20(33)13-14-23(18)35(24)26/h4-16,24-26H,1-3H3,(H,34,38)/t24-,25+,26-,31-/m1/s1. The first-order valence-electron chi connectivity index (χ1n) is 12.6. The molecule has 3 aliphatic heterocycles. The van der Waals surface area contributed by atoms with E-state index in [-0.39, 0.29) is 17.5 Å². The van der Waals surface area contributed by atoms with Gasteiger partial charge >= 0.3 is 0 Å². The van der Waals surface area contributed by atoms with Gasteiger partial charge in [0.05, 0.1) is 12.0 Å². The molecule has 1 amide bonds. The molecule has 3 heterocycles. The van der Waals surface area contributed by atoms with E-state index in [9.17, 15) is 14.4 Å². The van der Waals surface area contributed by atoms with E-state index in [1.54, 1.807) is 18.2 Å². The van der Waals surface area contributed by atoms with Gasteiger partial charge in [-0.05, 0) is 47.5 Å². The Bertz CT molecular complexity index is 1540. The molecule has 6 rings (SSSR count). The van der Waals surface area contributed by atoms with Crippen molar-refractivity contribution in [1.29, 1.82) is 0 Å². The number of carbonyl (C=O) groups excluding carboxylic acids is 3. The number of hydrogen-bond donors (Lipinski definition) is 1. The van der Waals surface area contributed by atoms with Gasteiger partial charge in [0.2, 0.25) is 5.91 Å². The summed E-state index contributed by atoms with van der Waals surface area (Å²) in [6, 6.07) is 18.7. The molecule has 1 N–H and O–H groups in total. The van der Waals surface area contributed by atoms with Crippen molar-refractivity contribution >= 4 is 62.5 Å². The number of fused-ring (bicyclic) bond motifs is 6. The van der Waals surface area contributed by atoms with E-state index in [1.807, 2.05) is 86.4 Å². The molecule has 192 valence electrons. The summed E-state index contributed by atoms with van der Waals surface area (Å²) in [5.74, 6) is -1.56. The molecule has 0 saturated carbocycles. The number of anilines is 2. The van der Waals surface area contributed by atoms with Crippen LogP contribution in [0.4, 0.5) is 11.4 Å². The highest BCUT2D eigenvalue weighted by Gasteiger charge is 2.70. The van der Waals surface area contributed by atoms with E-state index in [1.165, 1.54) is 0 Å². The summed E-state index contributed by atoms with van der Waals surface area (Å²) in [4.78, 5) is 45.2. The molecule has 5 nitrogen and oxygen atoms in total. The van der Waals surface area contributed by atoms with Crippen LogP contribution >= 0.6 is 27.5 Å². The maximum Gasteiger partial charge on any atom is 0.238 e. The highest BCUT2D eigenvalue weighted by Crippen LogP contribution is 2.58. The van der Waals surface area contributed by atoms with Gasteiger partial charge in [-0.1, -0.05) is 90.8 Å². The van der Waals surface area contributed by atoms with E-state index in [0.29, 0.717) is 16.3 Å². The lowest BCUT2D eigenvalue weighted by atomic mass is 9.63. The second kappa shape index (κ2) is 8.65. The lowest BCUT2D eigenvalue weighted by molar-refractivity contribution is -0.128. The molecule has 3 aromatic carbocycles. The van der Waals surface area contributed by atoms with Crippen LogP contribution in [0.25, 0.3) is 6.08 Å². The van der Waals surface area contributed by atoms with Crippen LogP contribution in [0.1, 0.15) is 42.3 Å². The summed E-state index contributed by atoms with van der Waals surface area (Å²) < 4.78 is 0.840. The summed E-state index contributed by atoms with van der Waals surface area (Å²) >= 11 is 9.78. The third-order valence-electron chi connectivity index (χ3n) is 8.01. The number of rotatable bonds is 3. The molecule has 0 bridgehead atoms. The number of halogens is 2. The average molecular weight is 590 g/mol. The van der Waals surface area contributed by atoms with Crippen LogP contribution in [-0.4, -0.2) is 29.6 Å². The SMILES string of the molecule is CC(C)(C)C(=O)[C@H]1[C@@H](C(=O)c2ccc(Br)cc2)[C@]2(C(=O)Nc3ccccc32)[C@H]2C=Cc3cc(Cl)ccc3N12. The summed E-state index contributed by atoms with van der Waals surface area (Å²) in [6.45, 7) is 5.59. The topological polar surface area (TPSA) is 66.5 Å². The zero-order valence-corrected chi connectivity index (χ0v) is 23.5. The second-order valence-electron chi connectivity index (χ2n) is 11.2. The van der Waals surface area contributed by atoms with E-state index in [2.05, 4.69) is 21.2 Å². The number of nitrogens with one attached hydrogen (secondary N) is 1. The molecule has 0 radical (unpaired) electrons. The van der Waals surface area contributed by atoms with E-state index >= 15 is 0 Å². The van der Waals surface area contributed by atoms with Gasteiger partial charge in [0.15, 0.2) is 11.6 Å². The summed E-state index contributed by atoms with van der Waals surface area (Å²) in [5, 5.41) is 3.62. The van der Waals surface area contributed by atoms with Crippen LogP contribution in [0.3, 0.4) is 0 Å². The maximum atomic E-state index is 14.6. The number of carbonyl (C=O) groups is 3. The predicted molar refractivity (Wildman–Crippen MR) is 154 cm³/mol. The first-order chi connectivity index (χ1) is 18.0. The Hall–Kier alpha value is -3.22. The number of benzene rings is 3. The minimum atomic E-state index is -1.31. The number of para-hydroxylation sites is 1. The van der Waals surface area contributed by atoms with Crippen LogP contribution in [0, 0.1) is 11.3 Å². The number of ketones is 2. The fourth-order valence-corrected chi connectivity index (χ4v) is 6.83. The minimum absolute atomic E-state index is 0.0942.